The quantitative estimate of drug-likeness (QED) is 0.813. The van der Waals surface area contributed by atoms with Crippen LogP contribution in [-0.2, 0) is 11.3 Å². The molecule has 1 N–H and O–H groups in total. The lowest BCUT2D eigenvalue weighted by atomic mass is 10.1. The molecule has 0 radical (unpaired) electrons. The molecule has 0 saturated heterocycles. The molecule has 0 spiro atoms. The maximum absolute atomic E-state index is 5.03. The maximum Gasteiger partial charge on any atom is 0.159 e. The van der Waals surface area contributed by atoms with Crippen LogP contribution in [0.15, 0.2) is 28.7 Å². The fourth-order valence-electron chi connectivity index (χ4n) is 2.11. The summed E-state index contributed by atoms with van der Waals surface area (Å²) in [5.41, 5.74) is 4.23. The van der Waals surface area contributed by atoms with Crippen LogP contribution in [0.1, 0.15) is 17.0 Å². The number of aromatic nitrogens is 2. The van der Waals surface area contributed by atoms with Gasteiger partial charge in [0.05, 0.1) is 6.61 Å². The van der Waals surface area contributed by atoms with Gasteiger partial charge in [0.25, 0.3) is 0 Å². The van der Waals surface area contributed by atoms with E-state index >= 15 is 0 Å². The van der Waals surface area contributed by atoms with E-state index < -0.39 is 0 Å². The first-order chi connectivity index (χ1) is 10.1. The van der Waals surface area contributed by atoms with Gasteiger partial charge < -0.3 is 10.1 Å². The Hall–Kier alpha value is -1.30. The number of benzene rings is 1. The van der Waals surface area contributed by atoms with Crippen molar-refractivity contribution in [1.29, 1.82) is 0 Å². The molecule has 5 heteroatoms. The number of nitrogens with zero attached hydrogens (tertiary/aromatic N) is 2. The van der Waals surface area contributed by atoms with Crippen LogP contribution in [0.3, 0.4) is 0 Å². The Bertz CT molecular complexity index is 576. The van der Waals surface area contributed by atoms with Crippen molar-refractivity contribution in [2.24, 2.45) is 0 Å². The third-order valence-electron chi connectivity index (χ3n) is 3.31. The number of methoxy groups -OCH3 is 1. The molecule has 1 aromatic heterocycles. The van der Waals surface area contributed by atoms with Crippen molar-refractivity contribution in [1.82, 2.24) is 15.3 Å². The molecule has 112 valence electrons. The van der Waals surface area contributed by atoms with Gasteiger partial charge in [0.15, 0.2) is 5.82 Å². The van der Waals surface area contributed by atoms with E-state index in [0.29, 0.717) is 6.61 Å². The van der Waals surface area contributed by atoms with Gasteiger partial charge in [-0.2, -0.15) is 0 Å². The van der Waals surface area contributed by atoms with Gasteiger partial charge in [-0.25, -0.2) is 9.97 Å². The summed E-state index contributed by atoms with van der Waals surface area (Å²) in [6.45, 7) is 6.36. The summed E-state index contributed by atoms with van der Waals surface area (Å²) in [5.74, 6) is 0.776. The minimum atomic E-state index is 0.704. The largest absolute Gasteiger partial charge is 0.383 e. The number of ether oxygens (including phenoxy) is 1. The molecule has 0 fully saturated rings. The summed E-state index contributed by atoms with van der Waals surface area (Å²) < 4.78 is 6.08. The van der Waals surface area contributed by atoms with E-state index in [9.17, 15) is 0 Å². The maximum atomic E-state index is 5.03. The second-order valence-corrected chi connectivity index (χ2v) is 5.79. The molecule has 21 heavy (non-hydrogen) atoms. The number of hydrogen-bond acceptors (Lipinski definition) is 4. The average Bonchev–Trinajstić information content (AvgIpc) is 2.46. The van der Waals surface area contributed by atoms with Gasteiger partial charge in [-0.05, 0) is 26.0 Å². The summed E-state index contributed by atoms with van der Waals surface area (Å²) in [5, 5.41) is 3.34. The summed E-state index contributed by atoms with van der Waals surface area (Å²) >= 11 is 3.44. The zero-order valence-corrected chi connectivity index (χ0v) is 14.2. The van der Waals surface area contributed by atoms with Crippen LogP contribution in [0.2, 0.25) is 0 Å². The van der Waals surface area contributed by atoms with E-state index in [1.807, 2.05) is 38.1 Å². The molecule has 1 heterocycles. The van der Waals surface area contributed by atoms with E-state index in [0.717, 1.165) is 45.9 Å². The molecule has 0 atom stereocenters. The smallest absolute Gasteiger partial charge is 0.159 e. The second-order valence-electron chi connectivity index (χ2n) is 4.87. The van der Waals surface area contributed by atoms with Gasteiger partial charge in [0.1, 0.15) is 0 Å². The van der Waals surface area contributed by atoms with E-state index in [-0.39, 0.29) is 0 Å². The molecule has 4 nitrogen and oxygen atoms in total. The average molecular weight is 350 g/mol. The van der Waals surface area contributed by atoms with Gasteiger partial charge in [0.2, 0.25) is 0 Å². The molecule has 2 rings (SSSR count). The molecule has 1 aromatic carbocycles. The van der Waals surface area contributed by atoms with Gasteiger partial charge in [0, 0.05) is 47.2 Å². The zero-order chi connectivity index (χ0) is 15.2. The van der Waals surface area contributed by atoms with Gasteiger partial charge in [-0.15, -0.1) is 0 Å². The van der Waals surface area contributed by atoms with Crippen molar-refractivity contribution in [2.75, 3.05) is 20.3 Å². The number of nitrogens with one attached hydrogen (secondary N) is 1. The number of rotatable bonds is 6. The third kappa shape index (κ3) is 4.33. The first kappa shape index (κ1) is 16.1. The zero-order valence-electron chi connectivity index (χ0n) is 12.6. The number of aryl methyl sites for hydroxylation is 2. The summed E-state index contributed by atoms with van der Waals surface area (Å²) in [4.78, 5) is 9.27. The van der Waals surface area contributed by atoms with E-state index in [1.54, 1.807) is 7.11 Å². The van der Waals surface area contributed by atoms with Crippen molar-refractivity contribution < 1.29 is 4.74 Å². The van der Waals surface area contributed by atoms with E-state index in [1.165, 1.54) is 0 Å². The molecule has 0 aliphatic rings. The highest BCUT2D eigenvalue weighted by molar-refractivity contribution is 9.10. The standard InChI is InChI=1S/C16H20BrN3O/c1-11-15(10-18-8-9-21-3)12(2)20-16(19-11)13-4-6-14(17)7-5-13/h4-7,18H,8-10H2,1-3H3. The summed E-state index contributed by atoms with van der Waals surface area (Å²) in [6, 6.07) is 8.05. The van der Waals surface area contributed by atoms with Crippen molar-refractivity contribution in [3.8, 4) is 11.4 Å². The fraction of sp³-hybridized carbons (Fsp3) is 0.375. The van der Waals surface area contributed by atoms with Crippen LogP contribution in [-0.4, -0.2) is 30.2 Å². The van der Waals surface area contributed by atoms with Crippen LogP contribution in [0.25, 0.3) is 11.4 Å². The summed E-state index contributed by atoms with van der Waals surface area (Å²) in [6.07, 6.45) is 0. The van der Waals surface area contributed by atoms with Gasteiger partial charge in [-0.3, -0.25) is 0 Å². The normalized spacial score (nSPS) is 10.9. The van der Waals surface area contributed by atoms with Crippen LogP contribution in [0.5, 0.6) is 0 Å². The first-order valence-corrected chi connectivity index (χ1v) is 7.71. The molecule has 0 saturated carbocycles. The molecule has 0 aliphatic heterocycles. The Kier molecular flexibility index (Phi) is 5.85. The Morgan fingerprint density at radius 1 is 1.10 bits per heavy atom. The monoisotopic (exact) mass is 349 g/mol. The van der Waals surface area contributed by atoms with Crippen LogP contribution in [0, 0.1) is 13.8 Å². The molecular weight excluding hydrogens is 330 g/mol. The highest BCUT2D eigenvalue weighted by Gasteiger charge is 2.09. The highest BCUT2D eigenvalue weighted by atomic mass is 79.9. The molecule has 0 aliphatic carbocycles. The van der Waals surface area contributed by atoms with Crippen LogP contribution >= 0.6 is 15.9 Å². The Morgan fingerprint density at radius 3 is 2.29 bits per heavy atom. The molecule has 0 amide bonds. The van der Waals surface area contributed by atoms with Crippen LogP contribution in [0.4, 0.5) is 0 Å². The Morgan fingerprint density at radius 2 is 1.71 bits per heavy atom. The highest BCUT2D eigenvalue weighted by Crippen LogP contribution is 2.21. The van der Waals surface area contributed by atoms with Gasteiger partial charge >= 0.3 is 0 Å². The SMILES string of the molecule is COCCNCc1c(C)nc(-c2ccc(Br)cc2)nc1C. The molecule has 2 aromatic rings. The lowest BCUT2D eigenvalue weighted by Crippen LogP contribution is -2.20. The molecule has 0 unspecified atom stereocenters. The topological polar surface area (TPSA) is 47.0 Å². The number of hydrogen-bond donors (Lipinski definition) is 1. The summed E-state index contributed by atoms with van der Waals surface area (Å²) in [7, 11) is 1.70. The fourth-order valence-corrected chi connectivity index (χ4v) is 2.38. The third-order valence-corrected chi connectivity index (χ3v) is 3.84. The minimum Gasteiger partial charge on any atom is -0.383 e. The van der Waals surface area contributed by atoms with Crippen molar-refractivity contribution >= 4 is 15.9 Å². The minimum absolute atomic E-state index is 0.704. The number of halogens is 1. The van der Waals surface area contributed by atoms with E-state index in [2.05, 4.69) is 31.2 Å². The van der Waals surface area contributed by atoms with Crippen molar-refractivity contribution in [3.63, 3.8) is 0 Å². The lowest BCUT2D eigenvalue weighted by molar-refractivity contribution is 0.199. The predicted octanol–water partition coefficient (Wildman–Crippen LogP) is 3.26. The van der Waals surface area contributed by atoms with E-state index in [4.69, 9.17) is 4.74 Å². The van der Waals surface area contributed by atoms with Gasteiger partial charge in [-0.1, -0.05) is 28.1 Å². The van der Waals surface area contributed by atoms with Crippen molar-refractivity contribution in [3.05, 3.63) is 45.7 Å². The first-order valence-electron chi connectivity index (χ1n) is 6.91. The Balaban J connectivity index is 2.18. The van der Waals surface area contributed by atoms with Crippen molar-refractivity contribution in [2.45, 2.75) is 20.4 Å². The molecular formula is C16H20BrN3O. The lowest BCUT2D eigenvalue weighted by Gasteiger charge is -2.12. The van der Waals surface area contributed by atoms with Crippen LogP contribution < -0.4 is 5.32 Å². The molecule has 0 bridgehead atoms. The second kappa shape index (κ2) is 7.64. The Labute approximate surface area is 134 Å². The predicted molar refractivity (Wildman–Crippen MR) is 88.2 cm³/mol.